The van der Waals surface area contributed by atoms with Gasteiger partial charge in [0.25, 0.3) is 0 Å². The smallest absolute Gasteiger partial charge is 0.131 e. The fraction of sp³-hybridized carbons (Fsp3) is 0.562. The highest BCUT2D eigenvalue weighted by Crippen LogP contribution is 2.29. The van der Waals surface area contributed by atoms with E-state index in [4.69, 9.17) is 4.99 Å². The molecule has 2 nitrogen and oxygen atoms in total. The van der Waals surface area contributed by atoms with Crippen LogP contribution in [0.5, 0.6) is 0 Å². The van der Waals surface area contributed by atoms with E-state index in [1.165, 1.54) is 37.1 Å². The summed E-state index contributed by atoms with van der Waals surface area (Å²) >= 11 is 0. The van der Waals surface area contributed by atoms with Crippen molar-refractivity contribution in [3.05, 3.63) is 35.9 Å². The molecule has 0 saturated heterocycles. The molecule has 1 aliphatic carbocycles. The van der Waals surface area contributed by atoms with Crippen molar-refractivity contribution in [1.82, 2.24) is 4.90 Å². The van der Waals surface area contributed by atoms with Gasteiger partial charge in [-0.2, -0.15) is 0 Å². The monoisotopic (exact) mass is 242 g/mol. The lowest BCUT2D eigenvalue weighted by molar-refractivity contribution is 0.225. The third kappa shape index (κ3) is 2.29. The second-order valence-electron chi connectivity index (χ2n) is 5.68. The fourth-order valence-corrected chi connectivity index (χ4v) is 3.21. The Hall–Kier alpha value is -1.31. The van der Waals surface area contributed by atoms with Crippen molar-refractivity contribution in [3.8, 4) is 0 Å². The van der Waals surface area contributed by atoms with Crippen molar-refractivity contribution in [1.29, 1.82) is 0 Å². The highest BCUT2D eigenvalue weighted by molar-refractivity contribution is 5.99. The van der Waals surface area contributed by atoms with Gasteiger partial charge in [0, 0.05) is 18.2 Å². The van der Waals surface area contributed by atoms with E-state index in [0.29, 0.717) is 0 Å². The summed E-state index contributed by atoms with van der Waals surface area (Å²) in [5.41, 5.74) is 1.29. The summed E-state index contributed by atoms with van der Waals surface area (Å²) in [4.78, 5) is 7.28. The van der Waals surface area contributed by atoms with Crippen LogP contribution in [0.15, 0.2) is 35.3 Å². The molecule has 1 aromatic carbocycles. The van der Waals surface area contributed by atoms with Gasteiger partial charge in [0.15, 0.2) is 0 Å². The Labute approximate surface area is 110 Å². The van der Waals surface area contributed by atoms with Gasteiger partial charge in [0.1, 0.15) is 5.84 Å². The summed E-state index contributed by atoms with van der Waals surface area (Å²) < 4.78 is 0. The molecule has 0 atom stereocenters. The minimum atomic E-state index is 0.725. The van der Waals surface area contributed by atoms with Gasteiger partial charge in [0.2, 0.25) is 0 Å². The molecule has 1 aromatic rings. The molecule has 1 fully saturated rings. The number of hydrogen-bond acceptors (Lipinski definition) is 2. The summed E-state index contributed by atoms with van der Waals surface area (Å²) in [6, 6.07) is 11.4. The Morgan fingerprint density at radius 1 is 1.06 bits per heavy atom. The zero-order valence-corrected chi connectivity index (χ0v) is 11.2. The van der Waals surface area contributed by atoms with Crippen molar-refractivity contribution in [2.24, 2.45) is 10.9 Å². The molecule has 0 unspecified atom stereocenters. The molecule has 18 heavy (non-hydrogen) atoms. The van der Waals surface area contributed by atoms with Gasteiger partial charge in [-0.05, 0) is 31.6 Å². The van der Waals surface area contributed by atoms with Crippen molar-refractivity contribution < 1.29 is 0 Å². The fourth-order valence-electron chi connectivity index (χ4n) is 3.21. The average Bonchev–Trinajstić information content (AvgIpc) is 2.90. The first-order valence-electron chi connectivity index (χ1n) is 7.21. The van der Waals surface area contributed by atoms with Crippen LogP contribution in [0.2, 0.25) is 0 Å². The lowest BCUT2D eigenvalue weighted by Gasteiger charge is -2.35. The molecule has 0 aromatic heterocycles. The first-order chi connectivity index (χ1) is 8.84. The van der Waals surface area contributed by atoms with Gasteiger partial charge < -0.3 is 4.90 Å². The normalized spacial score (nSPS) is 28.3. The predicted molar refractivity (Wildman–Crippen MR) is 76.0 cm³/mol. The van der Waals surface area contributed by atoms with Gasteiger partial charge in [-0.1, -0.05) is 37.3 Å². The number of hydrogen-bond donors (Lipinski definition) is 0. The number of rotatable bonds is 2. The van der Waals surface area contributed by atoms with Gasteiger partial charge in [0.05, 0.1) is 6.54 Å². The number of aliphatic imine (C=N–C) groups is 1. The van der Waals surface area contributed by atoms with E-state index in [9.17, 15) is 0 Å². The Morgan fingerprint density at radius 3 is 2.50 bits per heavy atom. The molecule has 2 heteroatoms. The molecule has 96 valence electrons. The van der Waals surface area contributed by atoms with Crippen molar-refractivity contribution in [2.45, 2.75) is 38.6 Å². The van der Waals surface area contributed by atoms with E-state index < -0.39 is 0 Å². The van der Waals surface area contributed by atoms with Crippen LogP contribution < -0.4 is 0 Å². The van der Waals surface area contributed by atoms with Gasteiger partial charge >= 0.3 is 0 Å². The molecule has 0 N–H and O–H groups in total. The Kier molecular flexibility index (Phi) is 3.35. The second kappa shape index (κ2) is 5.13. The lowest BCUT2D eigenvalue weighted by atomic mass is 9.86. The third-order valence-corrected chi connectivity index (χ3v) is 4.33. The molecular formula is C16H22N2. The zero-order chi connectivity index (χ0) is 12.4. The van der Waals surface area contributed by atoms with Crippen molar-refractivity contribution >= 4 is 5.84 Å². The number of nitrogens with zero attached hydrogens (tertiary/aromatic N) is 2. The topological polar surface area (TPSA) is 15.6 Å². The van der Waals surface area contributed by atoms with Crippen LogP contribution >= 0.6 is 0 Å². The van der Waals surface area contributed by atoms with Crippen LogP contribution in [0.3, 0.4) is 0 Å². The lowest BCUT2D eigenvalue weighted by Crippen LogP contribution is -2.40. The van der Waals surface area contributed by atoms with Crippen molar-refractivity contribution in [3.63, 3.8) is 0 Å². The SMILES string of the molecule is CC1CCC(N2CCN=C2c2ccccc2)CC1. The third-order valence-electron chi connectivity index (χ3n) is 4.33. The number of benzene rings is 1. The maximum absolute atomic E-state index is 4.72. The maximum Gasteiger partial charge on any atom is 0.131 e. The van der Waals surface area contributed by atoms with E-state index in [1.807, 2.05) is 0 Å². The largest absolute Gasteiger partial charge is 0.352 e. The molecule has 1 saturated carbocycles. The zero-order valence-electron chi connectivity index (χ0n) is 11.2. The van der Waals surface area contributed by atoms with E-state index in [0.717, 1.165) is 25.0 Å². The summed E-state index contributed by atoms with van der Waals surface area (Å²) in [5, 5.41) is 0. The first-order valence-corrected chi connectivity index (χ1v) is 7.21. The van der Waals surface area contributed by atoms with Gasteiger partial charge in [-0.15, -0.1) is 0 Å². The molecule has 2 aliphatic rings. The predicted octanol–water partition coefficient (Wildman–Crippen LogP) is 3.33. The molecule has 1 heterocycles. The van der Waals surface area contributed by atoms with Crippen LogP contribution in [-0.4, -0.2) is 29.9 Å². The molecule has 0 radical (unpaired) electrons. The summed E-state index contributed by atoms with van der Waals surface area (Å²) in [6.45, 7) is 4.46. The summed E-state index contributed by atoms with van der Waals surface area (Å²) in [6.07, 6.45) is 5.44. The van der Waals surface area contributed by atoms with Crippen LogP contribution in [-0.2, 0) is 0 Å². The van der Waals surface area contributed by atoms with E-state index in [2.05, 4.69) is 42.2 Å². The van der Waals surface area contributed by atoms with Crippen LogP contribution in [0.1, 0.15) is 38.2 Å². The van der Waals surface area contributed by atoms with Gasteiger partial charge in [-0.25, -0.2) is 0 Å². The Morgan fingerprint density at radius 2 is 1.78 bits per heavy atom. The van der Waals surface area contributed by atoms with Gasteiger partial charge in [-0.3, -0.25) is 4.99 Å². The Bertz CT molecular complexity index is 416. The second-order valence-corrected chi connectivity index (χ2v) is 5.68. The average molecular weight is 242 g/mol. The molecular weight excluding hydrogens is 220 g/mol. The van der Waals surface area contributed by atoms with Crippen LogP contribution in [0, 0.1) is 5.92 Å². The quantitative estimate of drug-likeness (QED) is 0.776. The van der Waals surface area contributed by atoms with Crippen molar-refractivity contribution in [2.75, 3.05) is 13.1 Å². The molecule has 1 aliphatic heterocycles. The Balaban J connectivity index is 1.75. The molecule has 0 amide bonds. The molecule has 0 spiro atoms. The maximum atomic E-state index is 4.72. The summed E-state index contributed by atoms with van der Waals surface area (Å²) in [5.74, 6) is 2.15. The molecule has 0 bridgehead atoms. The minimum Gasteiger partial charge on any atom is -0.352 e. The highest BCUT2D eigenvalue weighted by Gasteiger charge is 2.28. The first kappa shape index (κ1) is 11.8. The van der Waals surface area contributed by atoms with E-state index >= 15 is 0 Å². The minimum absolute atomic E-state index is 0.725. The van der Waals surface area contributed by atoms with Crippen LogP contribution in [0.25, 0.3) is 0 Å². The van der Waals surface area contributed by atoms with E-state index in [-0.39, 0.29) is 0 Å². The van der Waals surface area contributed by atoms with E-state index in [1.54, 1.807) is 0 Å². The number of amidine groups is 1. The highest BCUT2D eigenvalue weighted by atomic mass is 15.3. The summed E-state index contributed by atoms with van der Waals surface area (Å²) in [7, 11) is 0. The van der Waals surface area contributed by atoms with Crippen LogP contribution in [0.4, 0.5) is 0 Å². The standard InChI is InChI=1S/C16H22N2/c1-13-7-9-15(10-8-13)18-12-11-17-16(18)14-5-3-2-4-6-14/h2-6,13,15H,7-12H2,1H3. The molecule has 3 rings (SSSR count).